The van der Waals surface area contributed by atoms with Crippen LogP contribution in [0, 0.1) is 0 Å². The van der Waals surface area contributed by atoms with Crippen LogP contribution in [0.1, 0.15) is 26.3 Å². The third kappa shape index (κ3) is 3.77. The van der Waals surface area contributed by atoms with E-state index < -0.39 is 0 Å². The maximum Gasteiger partial charge on any atom is 0.119 e. The van der Waals surface area contributed by atoms with E-state index in [1.165, 1.54) is 11.1 Å². The molecule has 0 unspecified atom stereocenters. The Bertz CT molecular complexity index is 552. The second-order valence-corrected chi connectivity index (χ2v) is 6.27. The van der Waals surface area contributed by atoms with Gasteiger partial charge >= 0.3 is 0 Å². The zero-order chi connectivity index (χ0) is 14.6. The largest absolute Gasteiger partial charge is 0.492 e. The van der Waals surface area contributed by atoms with Crippen LogP contribution in [-0.4, -0.2) is 12.5 Å². The SMILES string of the molecule is CC(C)(C)c1ccc(-c2cccc(OCCCl)c2)cc1. The molecule has 0 atom stereocenters. The fourth-order valence-electron chi connectivity index (χ4n) is 2.08. The molecule has 0 amide bonds. The minimum Gasteiger partial charge on any atom is -0.492 e. The summed E-state index contributed by atoms with van der Waals surface area (Å²) in [4.78, 5) is 0. The lowest BCUT2D eigenvalue weighted by Crippen LogP contribution is -2.10. The van der Waals surface area contributed by atoms with Crippen LogP contribution < -0.4 is 4.74 Å². The number of ether oxygens (including phenoxy) is 1. The highest BCUT2D eigenvalue weighted by Crippen LogP contribution is 2.27. The van der Waals surface area contributed by atoms with Gasteiger partial charge < -0.3 is 4.74 Å². The van der Waals surface area contributed by atoms with Gasteiger partial charge in [-0.2, -0.15) is 0 Å². The molecule has 0 N–H and O–H groups in total. The summed E-state index contributed by atoms with van der Waals surface area (Å²) in [6, 6.07) is 16.8. The standard InChI is InChI=1S/C18H21ClO/c1-18(2,3)16-9-7-14(8-10-16)15-5-4-6-17(13-15)20-12-11-19/h4-10,13H,11-12H2,1-3H3. The van der Waals surface area contributed by atoms with Gasteiger partial charge in [0, 0.05) is 0 Å². The summed E-state index contributed by atoms with van der Waals surface area (Å²) in [5.74, 6) is 1.37. The predicted molar refractivity (Wildman–Crippen MR) is 86.8 cm³/mol. The van der Waals surface area contributed by atoms with E-state index in [4.69, 9.17) is 16.3 Å². The van der Waals surface area contributed by atoms with E-state index in [2.05, 4.69) is 57.2 Å². The van der Waals surface area contributed by atoms with Crippen LogP contribution in [0.2, 0.25) is 0 Å². The molecule has 20 heavy (non-hydrogen) atoms. The van der Waals surface area contributed by atoms with Crippen LogP contribution in [0.15, 0.2) is 48.5 Å². The highest BCUT2D eigenvalue weighted by molar-refractivity contribution is 6.18. The Kier molecular flexibility index (Phi) is 4.72. The van der Waals surface area contributed by atoms with Gasteiger partial charge in [-0.05, 0) is 34.2 Å². The summed E-state index contributed by atoms with van der Waals surface area (Å²) >= 11 is 5.64. The van der Waals surface area contributed by atoms with E-state index in [1.54, 1.807) is 0 Å². The molecule has 106 valence electrons. The van der Waals surface area contributed by atoms with Crippen molar-refractivity contribution in [2.75, 3.05) is 12.5 Å². The number of benzene rings is 2. The lowest BCUT2D eigenvalue weighted by Gasteiger charge is -2.19. The Morgan fingerprint density at radius 2 is 1.65 bits per heavy atom. The summed E-state index contributed by atoms with van der Waals surface area (Å²) in [5, 5.41) is 0. The number of halogens is 1. The molecule has 2 heteroatoms. The first-order chi connectivity index (χ1) is 9.50. The van der Waals surface area contributed by atoms with Gasteiger partial charge in [0.15, 0.2) is 0 Å². The van der Waals surface area contributed by atoms with Crippen molar-refractivity contribution in [3.8, 4) is 16.9 Å². The molecule has 0 heterocycles. The molecule has 0 bridgehead atoms. The molecule has 0 saturated carbocycles. The van der Waals surface area contributed by atoms with Crippen LogP contribution in [0.25, 0.3) is 11.1 Å². The maximum atomic E-state index is 5.64. The lowest BCUT2D eigenvalue weighted by molar-refractivity contribution is 0.343. The highest BCUT2D eigenvalue weighted by Gasteiger charge is 2.13. The molecule has 0 fully saturated rings. The molecular weight excluding hydrogens is 268 g/mol. The van der Waals surface area contributed by atoms with Crippen molar-refractivity contribution >= 4 is 11.6 Å². The van der Waals surface area contributed by atoms with Gasteiger partial charge in [0.05, 0.1) is 5.88 Å². The number of hydrogen-bond acceptors (Lipinski definition) is 1. The van der Waals surface area contributed by atoms with E-state index in [0.29, 0.717) is 12.5 Å². The molecule has 2 aromatic carbocycles. The number of alkyl halides is 1. The van der Waals surface area contributed by atoms with E-state index in [-0.39, 0.29) is 5.41 Å². The van der Waals surface area contributed by atoms with E-state index in [0.717, 1.165) is 11.3 Å². The summed E-state index contributed by atoms with van der Waals surface area (Å²) in [7, 11) is 0. The molecular formula is C18H21ClO. The van der Waals surface area contributed by atoms with Crippen LogP contribution in [0.3, 0.4) is 0 Å². The fourth-order valence-corrected chi connectivity index (χ4v) is 2.16. The van der Waals surface area contributed by atoms with Crippen molar-refractivity contribution in [3.05, 3.63) is 54.1 Å². The minimum atomic E-state index is 0.184. The molecule has 0 radical (unpaired) electrons. The van der Waals surface area contributed by atoms with Crippen molar-refractivity contribution < 1.29 is 4.74 Å². The highest BCUT2D eigenvalue weighted by atomic mass is 35.5. The van der Waals surface area contributed by atoms with Crippen molar-refractivity contribution in [2.45, 2.75) is 26.2 Å². The third-order valence-corrected chi connectivity index (χ3v) is 3.42. The third-order valence-electron chi connectivity index (χ3n) is 3.26. The lowest BCUT2D eigenvalue weighted by atomic mass is 9.86. The van der Waals surface area contributed by atoms with Gasteiger partial charge in [-0.1, -0.05) is 57.2 Å². The fraction of sp³-hybridized carbons (Fsp3) is 0.333. The maximum absolute atomic E-state index is 5.64. The first kappa shape index (κ1) is 14.9. The van der Waals surface area contributed by atoms with Gasteiger partial charge in [0.1, 0.15) is 12.4 Å². The summed E-state index contributed by atoms with van der Waals surface area (Å²) in [6.45, 7) is 7.21. The first-order valence-electron chi connectivity index (χ1n) is 6.90. The van der Waals surface area contributed by atoms with E-state index in [9.17, 15) is 0 Å². The van der Waals surface area contributed by atoms with Gasteiger partial charge in [0.2, 0.25) is 0 Å². The normalized spacial score (nSPS) is 11.4. The Hall–Kier alpha value is -1.47. The Balaban J connectivity index is 2.23. The molecule has 0 spiro atoms. The summed E-state index contributed by atoms with van der Waals surface area (Å²) < 4.78 is 5.56. The van der Waals surface area contributed by atoms with Crippen LogP contribution in [0.5, 0.6) is 5.75 Å². The first-order valence-corrected chi connectivity index (χ1v) is 7.44. The zero-order valence-corrected chi connectivity index (χ0v) is 13.1. The van der Waals surface area contributed by atoms with Gasteiger partial charge in [-0.3, -0.25) is 0 Å². The van der Waals surface area contributed by atoms with Gasteiger partial charge in [-0.15, -0.1) is 11.6 Å². The molecule has 2 rings (SSSR count). The van der Waals surface area contributed by atoms with Crippen LogP contribution >= 0.6 is 11.6 Å². The second kappa shape index (κ2) is 6.32. The molecule has 0 aromatic heterocycles. The predicted octanol–water partition coefficient (Wildman–Crippen LogP) is 5.27. The van der Waals surface area contributed by atoms with Crippen molar-refractivity contribution in [1.82, 2.24) is 0 Å². The smallest absolute Gasteiger partial charge is 0.119 e. The summed E-state index contributed by atoms with van der Waals surface area (Å²) in [5.41, 5.74) is 3.90. The van der Waals surface area contributed by atoms with Crippen molar-refractivity contribution in [1.29, 1.82) is 0 Å². The Morgan fingerprint density at radius 1 is 0.950 bits per heavy atom. The minimum absolute atomic E-state index is 0.184. The number of rotatable bonds is 4. The topological polar surface area (TPSA) is 9.23 Å². The Morgan fingerprint density at radius 3 is 2.25 bits per heavy atom. The molecule has 2 aromatic rings. The molecule has 0 aliphatic heterocycles. The monoisotopic (exact) mass is 288 g/mol. The molecule has 0 saturated heterocycles. The summed E-state index contributed by atoms with van der Waals surface area (Å²) in [6.07, 6.45) is 0. The number of hydrogen-bond donors (Lipinski definition) is 0. The Labute approximate surface area is 126 Å². The van der Waals surface area contributed by atoms with Crippen LogP contribution in [0.4, 0.5) is 0 Å². The van der Waals surface area contributed by atoms with E-state index >= 15 is 0 Å². The van der Waals surface area contributed by atoms with Gasteiger partial charge in [0.25, 0.3) is 0 Å². The van der Waals surface area contributed by atoms with Crippen molar-refractivity contribution in [2.24, 2.45) is 0 Å². The molecule has 0 aliphatic carbocycles. The molecule has 0 aliphatic rings. The quantitative estimate of drug-likeness (QED) is 0.697. The average molecular weight is 289 g/mol. The second-order valence-electron chi connectivity index (χ2n) is 5.89. The van der Waals surface area contributed by atoms with E-state index in [1.807, 2.05) is 12.1 Å². The van der Waals surface area contributed by atoms with Gasteiger partial charge in [-0.25, -0.2) is 0 Å². The molecule has 1 nitrogen and oxygen atoms in total. The average Bonchev–Trinajstić information content (AvgIpc) is 2.45. The van der Waals surface area contributed by atoms with Crippen LogP contribution in [-0.2, 0) is 5.41 Å². The zero-order valence-electron chi connectivity index (χ0n) is 12.3. The van der Waals surface area contributed by atoms with Crippen molar-refractivity contribution in [3.63, 3.8) is 0 Å².